The van der Waals surface area contributed by atoms with Gasteiger partial charge >= 0.3 is 5.97 Å². The summed E-state index contributed by atoms with van der Waals surface area (Å²) in [5, 5.41) is 8.96. The highest BCUT2D eigenvalue weighted by Gasteiger charge is 2.26. The van der Waals surface area contributed by atoms with Crippen LogP contribution in [0.5, 0.6) is 11.5 Å². The van der Waals surface area contributed by atoms with Crippen molar-refractivity contribution in [1.82, 2.24) is 0 Å². The number of ether oxygens (including phenoxy) is 2. The van der Waals surface area contributed by atoms with E-state index in [2.05, 4.69) is 0 Å². The molecule has 0 aliphatic carbocycles. The minimum absolute atomic E-state index is 0.0343. The molecule has 0 radical (unpaired) electrons. The fourth-order valence-electron chi connectivity index (χ4n) is 1.57. The van der Waals surface area contributed by atoms with E-state index in [1.54, 1.807) is 0 Å². The summed E-state index contributed by atoms with van der Waals surface area (Å²) in [6.45, 7) is 5.01. The van der Waals surface area contributed by atoms with Gasteiger partial charge in [0.15, 0.2) is 11.5 Å². The molecule has 3 N–H and O–H groups in total. The zero-order valence-corrected chi connectivity index (χ0v) is 9.82. The predicted molar refractivity (Wildman–Crippen MR) is 62.6 cm³/mol. The zero-order valence-electron chi connectivity index (χ0n) is 9.82. The largest absolute Gasteiger partial charge is 0.489 e. The van der Waals surface area contributed by atoms with E-state index in [9.17, 15) is 4.79 Å². The van der Waals surface area contributed by atoms with Gasteiger partial charge in [-0.3, -0.25) is 0 Å². The van der Waals surface area contributed by atoms with Crippen LogP contribution in [0.25, 0.3) is 0 Å². The van der Waals surface area contributed by atoms with Crippen molar-refractivity contribution in [3.63, 3.8) is 0 Å². The number of aromatic carboxylic acids is 1. The first-order valence-electron chi connectivity index (χ1n) is 5.31. The first-order chi connectivity index (χ1) is 7.89. The molecule has 0 amide bonds. The van der Waals surface area contributed by atoms with E-state index < -0.39 is 5.97 Å². The highest BCUT2D eigenvalue weighted by molar-refractivity contribution is 5.94. The van der Waals surface area contributed by atoms with Crippen LogP contribution in [0, 0.1) is 5.41 Å². The number of anilines is 1. The molecule has 1 aromatic rings. The van der Waals surface area contributed by atoms with Crippen LogP contribution in [0.15, 0.2) is 12.1 Å². The molecule has 17 heavy (non-hydrogen) atoms. The molecule has 5 heteroatoms. The Morgan fingerprint density at radius 2 is 1.82 bits per heavy atom. The number of hydrogen-bond acceptors (Lipinski definition) is 4. The summed E-state index contributed by atoms with van der Waals surface area (Å²) in [6.07, 6.45) is 0. The number of carboxylic acid groups (broad SMARTS) is 1. The quantitative estimate of drug-likeness (QED) is 0.727. The summed E-state index contributed by atoms with van der Waals surface area (Å²) in [6, 6.07) is 2.91. The van der Waals surface area contributed by atoms with Crippen molar-refractivity contribution in [2.75, 3.05) is 18.9 Å². The van der Waals surface area contributed by atoms with Crippen LogP contribution in [-0.4, -0.2) is 24.3 Å². The van der Waals surface area contributed by atoms with Crippen LogP contribution in [-0.2, 0) is 0 Å². The van der Waals surface area contributed by atoms with Crippen molar-refractivity contribution in [2.45, 2.75) is 13.8 Å². The molecule has 1 aliphatic heterocycles. The molecule has 0 aromatic heterocycles. The lowest BCUT2D eigenvalue weighted by molar-refractivity contribution is 0.0697. The van der Waals surface area contributed by atoms with Gasteiger partial charge < -0.3 is 20.3 Å². The molecule has 1 aliphatic rings. The molecule has 0 spiro atoms. The summed E-state index contributed by atoms with van der Waals surface area (Å²) >= 11 is 0. The van der Waals surface area contributed by atoms with Crippen molar-refractivity contribution in [3.05, 3.63) is 17.7 Å². The number of carboxylic acids is 1. The van der Waals surface area contributed by atoms with Crippen molar-refractivity contribution in [2.24, 2.45) is 5.41 Å². The van der Waals surface area contributed by atoms with Crippen molar-refractivity contribution in [3.8, 4) is 11.5 Å². The lowest BCUT2D eigenvalue weighted by Gasteiger charge is -2.19. The van der Waals surface area contributed by atoms with Crippen molar-refractivity contribution < 1.29 is 19.4 Å². The Morgan fingerprint density at radius 1 is 1.29 bits per heavy atom. The fraction of sp³-hybridized carbons (Fsp3) is 0.417. The van der Waals surface area contributed by atoms with Crippen LogP contribution in [0.3, 0.4) is 0 Å². The lowest BCUT2D eigenvalue weighted by atomic mass is 9.97. The fourth-order valence-corrected chi connectivity index (χ4v) is 1.57. The SMILES string of the molecule is CC1(C)COc2cc(N)c(C(=O)O)cc2OC1. The highest BCUT2D eigenvalue weighted by atomic mass is 16.5. The second-order valence-corrected chi connectivity index (χ2v) is 4.93. The van der Waals surface area contributed by atoms with Gasteiger partial charge in [-0.1, -0.05) is 13.8 Å². The normalized spacial score (nSPS) is 17.3. The van der Waals surface area contributed by atoms with Gasteiger partial charge in [-0.15, -0.1) is 0 Å². The van der Waals surface area contributed by atoms with E-state index in [-0.39, 0.29) is 16.7 Å². The molecule has 2 rings (SSSR count). The van der Waals surface area contributed by atoms with E-state index in [0.29, 0.717) is 24.7 Å². The number of hydrogen-bond donors (Lipinski definition) is 2. The van der Waals surface area contributed by atoms with Gasteiger partial charge in [-0.05, 0) is 0 Å². The number of nitrogen functional groups attached to an aromatic ring is 1. The molecule has 0 saturated carbocycles. The average molecular weight is 237 g/mol. The molecule has 0 unspecified atom stereocenters. The van der Waals surface area contributed by atoms with Gasteiger partial charge in [0.05, 0.1) is 24.5 Å². The molecule has 0 saturated heterocycles. The monoisotopic (exact) mass is 237 g/mol. The lowest BCUT2D eigenvalue weighted by Crippen LogP contribution is -2.26. The maximum atomic E-state index is 10.9. The van der Waals surface area contributed by atoms with Gasteiger partial charge in [0, 0.05) is 17.5 Å². The number of fused-ring (bicyclic) bond motifs is 1. The number of rotatable bonds is 1. The Kier molecular flexibility index (Phi) is 2.61. The second-order valence-electron chi connectivity index (χ2n) is 4.93. The average Bonchev–Trinajstić information content (AvgIpc) is 2.37. The Bertz CT molecular complexity index is 468. The Hall–Kier alpha value is -1.91. The van der Waals surface area contributed by atoms with E-state index in [1.807, 2.05) is 13.8 Å². The zero-order chi connectivity index (χ0) is 12.6. The second kappa shape index (κ2) is 3.84. The van der Waals surface area contributed by atoms with Crippen LogP contribution < -0.4 is 15.2 Å². The van der Waals surface area contributed by atoms with Crippen LogP contribution in [0.2, 0.25) is 0 Å². The molecule has 92 valence electrons. The van der Waals surface area contributed by atoms with Crippen LogP contribution in [0.4, 0.5) is 5.69 Å². The molecular formula is C12H15NO4. The number of nitrogens with two attached hydrogens (primary N) is 1. The smallest absolute Gasteiger partial charge is 0.337 e. The van der Waals surface area contributed by atoms with Gasteiger partial charge in [-0.2, -0.15) is 0 Å². The standard InChI is InChI=1S/C12H15NO4/c1-12(2)5-16-9-3-7(11(14)15)8(13)4-10(9)17-6-12/h3-4H,5-6,13H2,1-2H3,(H,14,15). The highest BCUT2D eigenvalue weighted by Crippen LogP contribution is 2.36. The maximum Gasteiger partial charge on any atom is 0.337 e. The van der Waals surface area contributed by atoms with Gasteiger partial charge in [0.1, 0.15) is 0 Å². The molecule has 0 bridgehead atoms. The summed E-state index contributed by atoms with van der Waals surface area (Å²) in [5.74, 6) is -0.141. The molecule has 5 nitrogen and oxygen atoms in total. The molecule has 0 atom stereocenters. The predicted octanol–water partition coefficient (Wildman–Crippen LogP) is 1.76. The van der Waals surface area contributed by atoms with Gasteiger partial charge in [-0.25, -0.2) is 4.79 Å². The summed E-state index contributed by atoms with van der Waals surface area (Å²) in [7, 11) is 0. The topological polar surface area (TPSA) is 81.8 Å². The van der Waals surface area contributed by atoms with Crippen molar-refractivity contribution >= 4 is 11.7 Å². The number of benzene rings is 1. The Morgan fingerprint density at radius 3 is 2.35 bits per heavy atom. The minimum Gasteiger partial charge on any atom is -0.489 e. The summed E-state index contributed by atoms with van der Waals surface area (Å²) in [4.78, 5) is 10.9. The van der Waals surface area contributed by atoms with E-state index in [0.717, 1.165) is 0 Å². The minimum atomic E-state index is -1.07. The molecule has 1 aromatic carbocycles. The Balaban J connectivity index is 2.41. The first-order valence-corrected chi connectivity index (χ1v) is 5.31. The van der Waals surface area contributed by atoms with Crippen LogP contribution >= 0.6 is 0 Å². The Labute approximate surface area is 99.1 Å². The first kappa shape index (κ1) is 11.6. The summed E-state index contributed by atoms with van der Waals surface area (Å²) in [5.41, 5.74) is 5.75. The third-order valence-corrected chi connectivity index (χ3v) is 2.58. The molecular weight excluding hydrogens is 222 g/mol. The van der Waals surface area contributed by atoms with E-state index in [4.69, 9.17) is 20.3 Å². The van der Waals surface area contributed by atoms with Crippen LogP contribution in [0.1, 0.15) is 24.2 Å². The van der Waals surface area contributed by atoms with E-state index >= 15 is 0 Å². The molecule has 1 heterocycles. The maximum absolute atomic E-state index is 10.9. The summed E-state index contributed by atoms with van der Waals surface area (Å²) < 4.78 is 11.1. The third-order valence-electron chi connectivity index (χ3n) is 2.58. The van der Waals surface area contributed by atoms with Gasteiger partial charge in [0.2, 0.25) is 0 Å². The molecule has 0 fully saturated rings. The van der Waals surface area contributed by atoms with Gasteiger partial charge in [0.25, 0.3) is 0 Å². The number of carbonyl (C=O) groups is 1. The third kappa shape index (κ3) is 2.27. The van der Waals surface area contributed by atoms with E-state index in [1.165, 1.54) is 12.1 Å². The van der Waals surface area contributed by atoms with Crippen molar-refractivity contribution in [1.29, 1.82) is 0 Å².